The average Bonchev–Trinajstić information content (AvgIpc) is 3.18. The first kappa shape index (κ1) is 14.2. The van der Waals surface area contributed by atoms with Gasteiger partial charge in [0.05, 0.1) is 6.10 Å². The van der Waals surface area contributed by atoms with Crippen molar-refractivity contribution in [1.82, 2.24) is 0 Å². The van der Waals surface area contributed by atoms with Crippen LogP contribution < -0.4 is 4.90 Å². The predicted octanol–water partition coefficient (Wildman–Crippen LogP) is 3.66. The molecule has 0 unspecified atom stereocenters. The highest BCUT2D eigenvalue weighted by molar-refractivity contribution is 5.50. The monoisotopic (exact) mass is 273 g/mol. The van der Waals surface area contributed by atoms with Crippen molar-refractivity contribution in [1.29, 1.82) is 0 Å². The molecular weight excluding hydrogens is 255 g/mol. The fourth-order valence-corrected chi connectivity index (χ4v) is 2.13. The van der Waals surface area contributed by atoms with Crippen LogP contribution >= 0.6 is 0 Å². The number of anilines is 1. The van der Waals surface area contributed by atoms with Gasteiger partial charge >= 0.3 is 6.18 Å². The van der Waals surface area contributed by atoms with Crippen LogP contribution in [0.4, 0.5) is 18.9 Å². The zero-order chi connectivity index (χ0) is 14.0. The van der Waals surface area contributed by atoms with Crippen LogP contribution in [0.3, 0.4) is 0 Å². The summed E-state index contributed by atoms with van der Waals surface area (Å²) < 4.78 is 37.7. The van der Waals surface area contributed by atoms with Crippen molar-refractivity contribution in [3.8, 4) is 0 Å². The van der Waals surface area contributed by atoms with Gasteiger partial charge in [-0.25, -0.2) is 0 Å². The third-order valence-corrected chi connectivity index (χ3v) is 3.33. The lowest BCUT2D eigenvalue weighted by atomic mass is 10.1. The lowest BCUT2D eigenvalue weighted by Crippen LogP contribution is -2.35. The average molecular weight is 273 g/mol. The summed E-state index contributed by atoms with van der Waals surface area (Å²) in [4.78, 5) is 1.40. The van der Waals surface area contributed by atoms with E-state index in [2.05, 4.69) is 0 Å². The molecule has 1 aliphatic carbocycles. The molecule has 1 N–H and O–H groups in total. The zero-order valence-electron chi connectivity index (χ0n) is 10.8. The Labute approximate surface area is 110 Å². The standard InChI is InChI=1S/C14H18F3NO/c1-2-13(19)10-3-5-11(6-4-10)18(12-7-8-12)9-14(15,16)17/h3-6,12-13,19H,2,7-9H2,1H3/t13-/m0/s1. The summed E-state index contributed by atoms with van der Waals surface area (Å²) in [7, 11) is 0. The Morgan fingerprint density at radius 3 is 2.26 bits per heavy atom. The first-order valence-electron chi connectivity index (χ1n) is 6.52. The maximum Gasteiger partial charge on any atom is 0.405 e. The number of aliphatic hydroxyl groups is 1. The van der Waals surface area contributed by atoms with E-state index in [4.69, 9.17) is 0 Å². The van der Waals surface area contributed by atoms with E-state index >= 15 is 0 Å². The third kappa shape index (κ3) is 3.86. The molecule has 2 nitrogen and oxygen atoms in total. The fourth-order valence-electron chi connectivity index (χ4n) is 2.13. The van der Waals surface area contributed by atoms with Gasteiger partial charge in [0.1, 0.15) is 6.54 Å². The minimum atomic E-state index is -4.19. The van der Waals surface area contributed by atoms with Crippen molar-refractivity contribution in [3.05, 3.63) is 29.8 Å². The van der Waals surface area contributed by atoms with E-state index in [0.29, 0.717) is 12.1 Å². The van der Waals surface area contributed by atoms with Crippen molar-refractivity contribution in [2.24, 2.45) is 0 Å². The molecule has 5 heteroatoms. The van der Waals surface area contributed by atoms with Crippen LogP contribution in [-0.2, 0) is 0 Å². The van der Waals surface area contributed by atoms with Gasteiger partial charge in [0, 0.05) is 11.7 Å². The highest BCUT2D eigenvalue weighted by atomic mass is 19.4. The highest BCUT2D eigenvalue weighted by Crippen LogP contribution is 2.34. The Bertz CT molecular complexity index is 412. The number of alkyl halides is 3. The summed E-state index contributed by atoms with van der Waals surface area (Å²) in [6.07, 6.45) is -2.52. The Kier molecular flexibility index (Phi) is 4.04. The molecule has 1 atom stereocenters. The van der Waals surface area contributed by atoms with Gasteiger partial charge in [0.15, 0.2) is 0 Å². The minimum absolute atomic E-state index is 0.00331. The van der Waals surface area contributed by atoms with Gasteiger partial charge in [0.2, 0.25) is 0 Å². The molecule has 0 aliphatic heterocycles. The van der Waals surface area contributed by atoms with Crippen molar-refractivity contribution in [2.75, 3.05) is 11.4 Å². The van der Waals surface area contributed by atoms with E-state index in [1.165, 1.54) is 4.90 Å². The van der Waals surface area contributed by atoms with Gasteiger partial charge in [-0.3, -0.25) is 0 Å². The van der Waals surface area contributed by atoms with Crippen molar-refractivity contribution in [3.63, 3.8) is 0 Å². The fraction of sp³-hybridized carbons (Fsp3) is 0.571. The molecular formula is C14H18F3NO. The van der Waals surface area contributed by atoms with Crippen LogP contribution in [0.25, 0.3) is 0 Å². The second-order valence-corrected chi connectivity index (χ2v) is 4.99. The van der Waals surface area contributed by atoms with Crippen molar-refractivity contribution < 1.29 is 18.3 Å². The first-order valence-corrected chi connectivity index (χ1v) is 6.52. The second kappa shape index (κ2) is 5.41. The molecule has 0 spiro atoms. The summed E-state index contributed by atoms with van der Waals surface area (Å²) in [6, 6.07) is 6.74. The van der Waals surface area contributed by atoms with Gasteiger partial charge in [-0.15, -0.1) is 0 Å². The number of hydrogen-bond acceptors (Lipinski definition) is 2. The Morgan fingerprint density at radius 1 is 1.26 bits per heavy atom. The Hall–Kier alpha value is -1.23. The maximum absolute atomic E-state index is 12.6. The van der Waals surface area contributed by atoms with E-state index in [1.807, 2.05) is 6.92 Å². The van der Waals surface area contributed by atoms with Crippen molar-refractivity contribution >= 4 is 5.69 Å². The summed E-state index contributed by atoms with van der Waals surface area (Å²) in [5.41, 5.74) is 1.32. The van der Waals surface area contributed by atoms with Crippen LogP contribution in [0, 0.1) is 0 Å². The van der Waals surface area contributed by atoms with Crippen LogP contribution in [0.5, 0.6) is 0 Å². The molecule has 0 radical (unpaired) electrons. The quantitative estimate of drug-likeness (QED) is 0.885. The van der Waals surface area contributed by atoms with Gasteiger partial charge in [-0.2, -0.15) is 13.2 Å². The SMILES string of the molecule is CC[C@H](O)c1ccc(N(CC(F)(F)F)C2CC2)cc1. The maximum atomic E-state index is 12.6. The highest BCUT2D eigenvalue weighted by Gasteiger charge is 2.38. The second-order valence-electron chi connectivity index (χ2n) is 4.99. The predicted molar refractivity (Wildman–Crippen MR) is 68.1 cm³/mol. The molecule has 0 bridgehead atoms. The number of halogens is 3. The molecule has 0 saturated heterocycles. The molecule has 106 valence electrons. The van der Waals surface area contributed by atoms with Crippen LogP contribution in [0.1, 0.15) is 37.9 Å². The summed E-state index contributed by atoms with van der Waals surface area (Å²) in [5.74, 6) is 0. The molecule has 2 rings (SSSR count). The van der Waals surface area contributed by atoms with Crippen LogP contribution in [-0.4, -0.2) is 23.9 Å². The summed E-state index contributed by atoms with van der Waals surface area (Å²) in [6.45, 7) is 0.950. The molecule has 0 heterocycles. The van der Waals surface area contributed by atoms with E-state index in [9.17, 15) is 18.3 Å². The molecule has 0 aromatic heterocycles. The van der Waals surface area contributed by atoms with Gasteiger partial charge in [-0.05, 0) is 37.0 Å². The topological polar surface area (TPSA) is 23.5 Å². The lowest BCUT2D eigenvalue weighted by molar-refractivity contribution is -0.120. The Balaban J connectivity index is 2.13. The van der Waals surface area contributed by atoms with Gasteiger partial charge in [-0.1, -0.05) is 19.1 Å². The number of rotatable bonds is 5. The van der Waals surface area contributed by atoms with E-state index < -0.39 is 18.8 Å². The molecule has 1 fully saturated rings. The molecule has 1 aromatic carbocycles. The molecule has 1 aromatic rings. The molecule has 19 heavy (non-hydrogen) atoms. The summed E-state index contributed by atoms with van der Waals surface area (Å²) >= 11 is 0. The number of aliphatic hydroxyl groups excluding tert-OH is 1. The van der Waals surface area contributed by atoms with E-state index in [1.54, 1.807) is 24.3 Å². The van der Waals surface area contributed by atoms with E-state index in [-0.39, 0.29) is 6.04 Å². The smallest absolute Gasteiger partial charge is 0.388 e. The van der Waals surface area contributed by atoms with E-state index in [0.717, 1.165) is 18.4 Å². The number of hydrogen-bond donors (Lipinski definition) is 1. The minimum Gasteiger partial charge on any atom is -0.388 e. The molecule has 1 aliphatic rings. The Morgan fingerprint density at radius 2 is 1.84 bits per heavy atom. The van der Waals surface area contributed by atoms with Crippen LogP contribution in [0.15, 0.2) is 24.3 Å². The van der Waals surface area contributed by atoms with Gasteiger partial charge in [0.25, 0.3) is 0 Å². The third-order valence-electron chi connectivity index (χ3n) is 3.33. The zero-order valence-corrected chi connectivity index (χ0v) is 10.8. The molecule has 1 saturated carbocycles. The van der Waals surface area contributed by atoms with Crippen LogP contribution in [0.2, 0.25) is 0 Å². The first-order chi connectivity index (χ1) is 8.90. The number of benzene rings is 1. The normalized spacial score (nSPS) is 17.3. The molecule has 0 amide bonds. The number of nitrogens with zero attached hydrogens (tertiary/aromatic N) is 1. The van der Waals surface area contributed by atoms with Gasteiger partial charge < -0.3 is 10.0 Å². The summed E-state index contributed by atoms with van der Waals surface area (Å²) in [5, 5.41) is 9.67. The largest absolute Gasteiger partial charge is 0.405 e. The lowest BCUT2D eigenvalue weighted by Gasteiger charge is -2.26. The van der Waals surface area contributed by atoms with Crippen molar-refractivity contribution in [2.45, 2.75) is 44.5 Å².